The molecule has 0 aliphatic carbocycles. The lowest BCUT2D eigenvalue weighted by molar-refractivity contribution is 0.0926. The zero-order chi connectivity index (χ0) is 18.4. The van der Waals surface area contributed by atoms with Crippen molar-refractivity contribution in [1.29, 1.82) is 0 Å². The van der Waals surface area contributed by atoms with Crippen molar-refractivity contribution in [2.75, 3.05) is 4.90 Å². The topological polar surface area (TPSA) is 98.1 Å². The number of phenols is 3. The molecule has 0 bridgehead atoms. The number of imide groups is 1. The van der Waals surface area contributed by atoms with Crippen LogP contribution in [-0.4, -0.2) is 27.1 Å². The van der Waals surface area contributed by atoms with E-state index in [2.05, 4.69) is 0 Å². The number of nitrogens with zero attached hydrogens (tertiary/aromatic N) is 1. The standard InChI is InChI=1S/C20H13NO5/c22-13-5-1-11(2-6-13)17-16(24)10-9-15-18(17)20(26)21(19(15)25)12-3-7-14(23)8-4-12/h1-10,22-24H. The van der Waals surface area contributed by atoms with Gasteiger partial charge in [0, 0.05) is 5.56 Å². The minimum Gasteiger partial charge on any atom is -0.508 e. The third-order valence-corrected chi connectivity index (χ3v) is 4.30. The number of benzene rings is 3. The second-order valence-corrected chi connectivity index (χ2v) is 5.89. The molecule has 0 atom stereocenters. The molecule has 1 heterocycles. The van der Waals surface area contributed by atoms with Gasteiger partial charge in [-0.3, -0.25) is 9.59 Å². The van der Waals surface area contributed by atoms with E-state index in [4.69, 9.17) is 0 Å². The lowest BCUT2D eigenvalue weighted by Crippen LogP contribution is -2.29. The van der Waals surface area contributed by atoms with Crippen molar-refractivity contribution in [2.45, 2.75) is 0 Å². The van der Waals surface area contributed by atoms with Crippen LogP contribution in [0.3, 0.4) is 0 Å². The number of rotatable bonds is 2. The fourth-order valence-electron chi connectivity index (χ4n) is 3.07. The molecule has 0 saturated heterocycles. The molecule has 3 aromatic carbocycles. The third kappa shape index (κ3) is 2.28. The lowest BCUT2D eigenvalue weighted by atomic mass is 9.95. The summed E-state index contributed by atoms with van der Waals surface area (Å²) in [6.07, 6.45) is 0. The van der Waals surface area contributed by atoms with Crippen molar-refractivity contribution >= 4 is 17.5 Å². The number of carbonyl (C=O) groups excluding carboxylic acids is 2. The normalized spacial score (nSPS) is 13.2. The second kappa shape index (κ2) is 5.63. The summed E-state index contributed by atoms with van der Waals surface area (Å²) in [4.78, 5) is 26.8. The summed E-state index contributed by atoms with van der Waals surface area (Å²) in [5.74, 6) is -1.13. The van der Waals surface area contributed by atoms with Crippen LogP contribution in [0.4, 0.5) is 5.69 Å². The first kappa shape index (κ1) is 15.7. The second-order valence-electron chi connectivity index (χ2n) is 5.89. The third-order valence-electron chi connectivity index (χ3n) is 4.30. The molecule has 0 spiro atoms. The summed E-state index contributed by atoms with van der Waals surface area (Å²) in [6.45, 7) is 0. The van der Waals surface area contributed by atoms with Crippen molar-refractivity contribution in [1.82, 2.24) is 0 Å². The minimum atomic E-state index is -0.560. The molecule has 6 nitrogen and oxygen atoms in total. The Morgan fingerprint density at radius 3 is 1.81 bits per heavy atom. The number of hydrogen-bond acceptors (Lipinski definition) is 5. The number of anilines is 1. The minimum absolute atomic E-state index is 0.0211. The van der Waals surface area contributed by atoms with Gasteiger partial charge in [0.15, 0.2) is 0 Å². The fourth-order valence-corrected chi connectivity index (χ4v) is 3.07. The maximum absolute atomic E-state index is 13.0. The quantitative estimate of drug-likeness (QED) is 0.618. The van der Waals surface area contributed by atoms with Crippen molar-refractivity contribution in [3.8, 4) is 28.4 Å². The van der Waals surface area contributed by atoms with Gasteiger partial charge < -0.3 is 15.3 Å². The Kier molecular flexibility index (Phi) is 3.40. The molecule has 0 unspecified atom stereocenters. The van der Waals surface area contributed by atoms with Crippen molar-refractivity contribution in [2.24, 2.45) is 0 Å². The molecule has 128 valence electrons. The molecule has 6 heteroatoms. The van der Waals surface area contributed by atoms with Crippen LogP contribution in [0.5, 0.6) is 17.2 Å². The predicted molar refractivity (Wildman–Crippen MR) is 94.5 cm³/mol. The van der Waals surface area contributed by atoms with E-state index in [1.165, 1.54) is 48.5 Å². The summed E-state index contributed by atoms with van der Waals surface area (Å²) in [5, 5.41) is 29.2. The van der Waals surface area contributed by atoms with E-state index in [0.29, 0.717) is 11.3 Å². The molecule has 26 heavy (non-hydrogen) atoms. The fraction of sp³-hybridized carbons (Fsp3) is 0. The molecule has 3 N–H and O–H groups in total. The molecule has 2 amide bonds. The highest BCUT2D eigenvalue weighted by molar-refractivity contribution is 6.36. The zero-order valence-corrected chi connectivity index (χ0v) is 13.4. The summed E-state index contributed by atoms with van der Waals surface area (Å²) < 4.78 is 0. The van der Waals surface area contributed by atoms with Crippen LogP contribution in [0.2, 0.25) is 0 Å². The molecule has 0 fully saturated rings. The smallest absolute Gasteiger partial charge is 0.266 e. The Morgan fingerprint density at radius 2 is 1.19 bits per heavy atom. The van der Waals surface area contributed by atoms with Crippen molar-refractivity contribution in [3.63, 3.8) is 0 Å². The highest BCUT2D eigenvalue weighted by Crippen LogP contribution is 2.40. The van der Waals surface area contributed by atoms with Crippen molar-refractivity contribution in [3.05, 3.63) is 71.8 Å². The first-order chi connectivity index (χ1) is 12.5. The highest BCUT2D eigenvalue weighted by Gasteiger charge is 2.39. The maximum Gasteiger partial charge on any atom is 0.266 e. The summed E-state index contributed by atoms with van der Waals surface area (Å²) in [6, 6.07) is 14.5. The summed E-state index contributed by atoms with van der Waals surface area (Å²) in [5.41, 5.74) is 1.36. The molecule has 0 radical (unpaired) electrons. The Bertz CT molecular complexity index is 1040. The molecule has 1 aliphatic rings. The van der Waals surface area contributed by atoms with Crippen LogP contribution >= 0.6 is 0 Å². The number of aromatic hydroxyl groups is 3. The van der Waals surface area contributed by atoms with E-state index in [0.717, 1.165) is 4.90 Å². The maximum atomic E-state index is 13.0. The average Bonchev–Trinajstić information content (AvgIpc) is 2.88. The molecule has 0 saturated carbocycles. The first-order valence-corrected chi connectivity index (χ1v) is 7.80. The van der Waals surface area contributed by atoms with Crippen LogP contribution < -0.4 is 4.90 Å². The van der Waals surface area contributed by atoms with Gasteiger partial charge in [-0.25, -0.2) is 4.90 Å². The van der Waals surface area contributed by atoms with E-state index in [9.17, 15) is 24.9 Å². The average molecular weight is 347 g/mol. The van der Waals surface area contributed by atoms with Crippen LogP contribution in [0.1, 0.15) is 20.7 Å². The molecular formula is C20H13NO5. The van der Waals surface area contributed by atoms with Gasteiger partial charge in [0.1, 0.15) is 17.2 Å². The van der Waals surface area contributed by atoms with Crippen LogP contribution in [-0.2, 0) is 0 Å². The number of phenolic OH excluding ortho intramolecular Hbond substituents is 3. The number of amides is 2. The first-order valence-electron chi connectivity index (χ1n) is 7.80. The Morgan fingerprint density at radius 1 is 0.615 bits per heavy atom. The van der Waals surface area contributed by atoms with E-state index in [1.54, 1.807) is 12.1 Å². The zero-order valence-electron chi connectivity index (χ0n) is 13.4. The number of carbonyl (C=O) groups is 2. The van der Waals surface area contributed by atoms with E-state index in [-0.39, 0.29) is 33.9 Å². The number of fused-ring (bicyclic) bond motifs is 1. The van der Waals surface area contributed by atoms with E-state index in [1.807, 2.05) is 0 Å². The molecule has 4 rings (SSSR count). The van der Waals surface area contributed by atoms with Gasteiger partial charge in [0.2, 0.25) is 0 Å². The van der Waals surface area contributed by atoms with Gasteiger partial charge in [-0.1, -0.05) is 12.1 Å². The van der Waals surface area contributed by atoms with Crippen molar-refractivity contribution < 1.29 is 24.9 Å². The molecule has 0 aromatic heterocycles. The lowest BCUT2D eigenvalue weighted by Gasteiger charge is -2.14. The molecule has 1 aliphatic heterocycles. The molecule has 3 aromatic rings. The van der Waals surface area contributed by atoms with Gasteiger partial charge in [0.05, 0.1) is 16.8 Å². The summed E-state index contributed by atoms with van der Waals surface area (Å²) in [7, 11) is 0. The molecular weight excluding hydrogens is 334 g/mol. The summed E-state index contributed by atoms with van der Waals surface area (Å²) >= 11 is 0. The van der Waals surface area contributed by atoms with Crippen LogP contribution in [0.15, 0.2) is 60.7 Å². The van der Waals surface area contributed by atoms with Gasteiger partial charge in [-0.15, -0.1) is 0 Å². The SMILES string of the molecule is O=C1c2ccc(O)c(-c3ccc(O)cc3)c2C(=O)N1c1ccc(O)cc1. The Labute approximate surface area is 148 Å². The van der Waals surface area contributed by atoms with Gasteiger partial charge in [0.25, 0.3) is 11.8 Å². The van der Waals surface area contributed by atoms with E-state index < -0.39 is 11.8 Å². The van der Waals surface area contributed by atoms with Gasteiger partial charge in [-0.2, -0.15) is 0 Å². The van der Waals surface area contributed by atoms with Gasteiger partial charge in [-0.05, 0) is 54.1 Å². The monoisotopic (exact) mass is 347 g/mol. The van der Waals surface area contributed by atoms with Gasteiger partial charge >= 0.3 is 0 Å². The Hall–Kier alpha value is -3.80. The number of hydrogen-bond donors (Lipinski definition) is 3. The largest absolute Gasteiger partial charge is 0.508 e. The van der Waals surface area contributed by atoms with Crippen LogP contribution in [0.25, 0.3) is 11.1 Å². The van der Waals surface area contributed by atoms with E-state index >= 15 is 0 Å². The predicted octanol–water partition coefficient (Wildman–Crippen LogP) is 3.27. The highest BCUT2D eigenvalue weighted by atomic mass is 16.3. The Balaban J connectivity index is 1.89. The van der Waals surface area contributed by atoms with Crippen LogP contribution in [0, 0.1) is 0 Å².